The van der Waals surface area contributed by atoms with Crippen LogP contribution in [0.3, 0.4) is 0 Å². The smallest absolute Gasteiger partial charge is 0.137 e. The van der Waals surface area contributed by atoms with Crippen LogP contribution in [0.5, 0.6) is 0 Å². The second-order valence-corrected chi connectivity index (χ2v) is 4.43. The maximum absolute atomic E-state index is 5.55. The van der Waals surface area contributed by atoms with Gasteiger partial charge in [-0.1, -0.05) is 13.8 Å². The molecule has 0 amide bonds. The fourth-order valence-electron chi connectivity index (χ4n) is 1.95. The normalized spacial score (nSPS) is 35.2. The lowest BCUT2D eigenvalue weighted by Crippen LogP contribution is -2.34. The van der Waals surface area contributed by atoms with E-state index >= 15 is 0 Å². The molecule has 12 heavy (non-hydrogen) atoms. The van der Waals surface area contributed by atoms with E-state index in [1.54, 1.807) is 0 Å². The van der Waals surface area contributed by atoms with E-state index in [1.165, 1.54) is 32.4 Å². The molecular formula is C10H19NO. The standard InChI is InChI=1S/C10H19NO/c1-8(2)5-7-11-6-3-4-9-10(11)12-9/h8-10H,3-7H2,1-2H3. The summed E-state index contributed by atoms with van der Waals surface area (Å²) < 4.78 is 5.55. The Morgan fingerprint density at radius 2 is 2.33 bits per heavy atom. The monoisotopic (exact) mass is 169 g/mol. The molecule has 2 unspecified atom stereocenters. The van der Waals surface area contributed by atoms with Crippen LogP contribution >= 0.6 is 0 Å². The first-order valence-corrected chi connectivity index (χ1v) is 5.17. The maximum atomic E-state index is 5.55. The minimum atomic E-state index is 0.512. The SMILES string of the molecule is CC(C)CCN1CCCC2OC21. The van der Waals surface area contributed by atoms with Gasteiger partial charge in [0.15, 0.2) is 0 Å². The summed E-state index contributed by atoms with van der Waals surface area (Å²) >= 11 is 0. The van der Waals surface area contributed by atoms with Gasteiger partial charge in [0.1, 0.15) is 6.23 Å². The molecule has 0 bridgehead atoms. The number of ether oxygens (including phenoxy) is 1. The zero-order valence-corrected chi connectivity index (χ0v) is 8.12. The number of piperidine rings is 1. The van der Waals surface area contributed by atoms with Gasteiger partial charge in [-0.05, 0) is 25.2 Å². The predicted molar refractivity (Wildman–Crippen MR) is 48.9 cm³/mol. The molecule has 0 N–H and O–H groups in total. The highest BCUT2D eigenvalue weighted by molar-refractivity contribution is 4.89. The molecule has 0 spiro atoms. The lowest BCUT2D eigenvalue weighted by molar-refractivity contribution is 0.168. The third-order valence-electron chi connectivity index (χ3n) is 2.84. The number of nitrogens with zero attached hydrogens (tertiary/aromatic N) is 1. The van der Waals surface area contributed by atoms with Crippen molar-refractivity contribution >= 4 is 0 Å². The van der Waals surface area contributed by atoms with Crippen molar-refractivity contribution in [2.45, 2.75) is 45.4 Å². The third-order valence-corrected chi connectivity index (χ3v) is 2.84. The van der Waals surface area contributed by atoms with Crippen LogP contribution < -0.4 is 0 Å². The molecule has 2 nitrogen and oxygen atoms in total. The quantitative estimate of drug-likeness (QED) is 0.599. The molecule has 0 radical (unpaired) electrons. The Kier molecular flexibility index (Phi) is 2.37. The maximum Gasteiger partial charge on any atom is 0.137 e. The third kappa shape index (κ3) is 1.80. The van der Waals surface area contributed by atoms with E-state index in [2.05, 4.69) is 18.7 Å². The summed E-state index contributed by atoms with van der Waals surface area (Å²) in [6, 6.07) is 0. The van der Waals surface area contributed by atoms with Crippen LogP contribution in [0, 0.1) is 5.92 Å². The van der Waals surface area contributed by atoms with Gasteiger partial charge >= 0.3 is 0 Å². The van der Waals surface area contributed by atoms with Crippen molar-refractivity contribution in [1.82, 2.24) is 4.90 Å². The van der Waals surface area contributed by atoms with Crippen LogP contribution in [0.2, 0.25) is 0 Å². The highest BCUT2D eigenvalue weighted by atomic mass is 16.6. The number of likely N-dealkylation sites (tertiary alicyclic amines) is 1. The molecule has 2 aliphatic rings. The minimum Gasteiger partial charge on any atom is -0.353 e. The van der Waals surface area contributed by atoms with Crippen molar-refractivity contribution in [2.24, 2.45) is 5.92 Å². The van der Waals surface area contributed by atoms with Gasteiger partial charge in [0.2, 0.25) is 0 Å². The minimum absolute atomic E-state index is 0.512. The van der Waals surface area contributed by atoms with E-state index in [0.717, 1.165) is 5.92 Å². The fraction of sp³-hybridized carbons (Fsp3) is 1.00. The highest BCUT2D eigenvalue weighted by Gasteiger charge is 2.45. The Hall–Kier alpha value is -0.0800. The molecule has 0 aliphatic carbocycles. The topological polar surface area (TPSA) is 15.8 Å². The highest BCUT2D eigenvalue weighted by Crippen LogP contribution is 2.34. The second kappa shape index (κ2) is 3.35. The van der Waals surface area contributed by atoms with Crippen molar-refractivity contribution in [3.8, 4) is 0 Å². The molecule has 0 saturated carbocycles. The van der Waals surface area contributed by atoms with Crippen molar-refractivity contribution in [2.75, 3.05) is 13.1 Å². The molecule has 2 saturated heterocycles. The lowest BCUT2D eigenvalue weighted by atomic mass is 10.1. The van der Waals surface area contributed by atoms with Gasteiger partial charge < -0.3 is 4.74 Å². The Morgan fingerprint density at radius 3 is 3.08 bits per heavy atom. The van der Waals surface area contributed by atoms with E-state index in [1.807, 2.05) is 0 Å². The molecule has 2 fully saturated rings. The number of hydrogen-bond acceptors (Lipinski definition) is 2. The van der Waals surface area contributed by atoms with Crippen molar-refractivity contribution in [3.05, 3.63) is 0 Å². The molecule has 2 heteroatoms. The average molecular weight is 169 g/mol. The summed E-state index contributed by atoms with van der Waals surface area (Å²) in [5.74, 6) is 0.823. The number of rotatable bonds is 3. The van der Waals surface area contributed by atoms with Gasteiger partial charge in [-0.15, -0.1) is 0 Å². The molecule has 2 atom stereocenters. The van der Waals surface area contributed by atoms with Gasteiger partial charge in [-0.25, -0.2) is 0 Å². The second-order valence-electron chi connectivity index (χ2n) is 4.43. The summed E-state index contributed by atoms with van der Waals surface area (Å²) in [5, 5.41) is 0. The zero-order chi connectivity index (χ0) is 8.55. The van der Waals surface area contributed by atoms with E-state index in [-0.39, 0.29) is 0 Å². The molecule has 0 aromatic carbocycles. The number of hydrogen-bond donors (Lipinski definition) is 0. The summed E-state index contributed by atoms with van der Waals surface area (Å²) in [7, 11) is 0. The summed E-state index contributed by atoms with van der Waals surface area (Å²) in [6.45, 7) is 7.07. The fourth-order valence-corrected chi connectivity index (χ4v) is 1.95. The molecule has 2 aliphatic heterocycles. The van der Waals surface area contributed by atoms with Gasteiger partial charge in [0.25, 0.3) is 0 Å². The average Bonchev–Trinajstić information content (AvgIpc) is 2.78. The first-order valence-electron chi connectivity index (χ1n) is 5.17. The van der Waals surface area contributed by atoms with Gasteiger partial charge in [0.05, 0.1) is 6.10 Å². The van der Waals surface area contributed by atoms with Crippen LogP contribution in [-0.4, -0.2) is 30.3 Å². The van der Waals surface area contributed by atoms with Crippen molar-refractivity contribution in [1.29, 1.82) is 0 Å². The summed E-state index contributed by atoms with van der Waals surface area (Å²) in [6.07, 6.45) is 5.05. The van der Waals surface area contributed by atoms with Gasteiger partial charge in [-0.2, -0.15) is 0 Å². The predicted octanol–water partition coefficient (Wildman–Crippen LogP) is 1.85. The molecule has 0 aromatic rings. The van der Waals surface area contributed by atoms with E-state index < -0.39 is 0 Å². The van der Waals surface area contributed by atoms with Crippen LogP contribution in [0.25, 0.3) is 0 Å². The van der Waals surface area contributed by atoms with Gasteiger partial charge in [-0.3, -0.25) is 4.90 Å². The van der Waals surface area contributed by atoms with Crippen LogP contribution in [0.15, 0.2) is 0 Å². The summed E-state index contributed by atoms with van der Waals surface area (Å²) in [5.41, 5.74) is 0. The number of fused-ring (bicyclic) bond motifs is 1. The van der Waals surface area contributed by atoms with Crippen molar-refractivity contribution in [3.63, 3.8) is 0 Å². The Bertz CT molecular complexity index is 158. The van der Waals surface area contributed by atoms with Crippen LogP contribution in [0.1, 0.15) is 33.1 Å². The van der Waals surface area contributed by atoms with E-state index in [9.17, 15) is 0 Å². The lowest BCUT2D eigenvalue weighted by Gasteiger charge is -2.23. The first-order chi connectivity index (χ1) is 5.77. The van der Waals surface area contributed by atoms with Crippen LogP contribution in [0.4, 0.5) is 0 Å². The van der Waals surface area contributed by atoms with Crippen LogP contribution in [-0.2, 0) is 4.74 Å². The molecule has 0 aromatic heterocycles. The molecule has 2 heterocycles. The Labute approximate surface area is 74.9 Å². The molecular weight excluding hydrogens is 150 g/mol. The van der Waals surface area contributed by atoms with Gasteiger partial charge in [0, 0.05) is 13.1 Å². The Balaban J connectivity index is 1.73. The summed E-state index contributed by atoms with van der Waals surface area (Å²) in [4.78, 5) is 2.51. The van der Waals surface area contributed by atoms with E-state index in [0.29, 0.717) is 12.3 Å². The first kappa shape index (κ1) is 8.52. The largest absolute Gasteiger partial charge is 0.353 e. The zero-order valence-electron chi connectivity index (χ0n) is 8.12. The van der Waals surface area contributed by atoms with Crippen molar-refractivity contribution < 1.29 is 4.74 Å². The van der Waals surface area contributed by atoms with E-state index in [4.69, 9.17) is 4.74 Å². The molecule has 2 rings (SSSR count). The molecule has 70 valence electrons. The Morgan fingerprint density at radius 1 is 1.50 bits per heavy atom. The number of epoxide rings is 1.